The van der Waals surface area contributed by atoms with Crippen molar-refractivity contribution in [2.75, 3.05) is 32.1 Å². The zero-order chi connectivity index (χ0) is 16.6. The molecule has 0 atom stereocenters. The molecule has 128 valence electrons. The molecule has 3 rings (SSSR count). The number of carbonyl (C=O) groups is 1. The number of para-hydroxylation sites is 1. The molecule has 1 saturated heterocycles. The van der Waals surface area contributed by atoms with E-state index in [1.165, 1.54) is 11.8 Å². The molecule has 0 radical (unpaired) electrons. The van der Waals surface area contributed by atoms with Crippen LogP contribution in [0.2, 0.25) is 0 Å². The Labute approximate surface area is 144 Å². The number of benzene rings is 1. The summed E-state index contributed by atoms with van der Waals surface area (Å²) >= 11 is 1.38. The highest BCUT2D eigenvalue weighted by molar-refractivity contribution is 7.99. The van der Waals surface area contributed by atoms with E-state index in [0.717, 1.165) is 5.75 Å². The largest absolute Gasteiger partial charge is 0.484 e. The van der Waals surface area contributed by atoms with Gasteiger partial charge in [0.05, 0.1) is 13.2 Å². The molecule has 0 N–H and O–H groups in total. The van der Waals surface area contributed by atoms with Crippen molar-refractivity contribution >= 4 is 17.7 Å². The van der Waals surface area contributed by atoms with E-state index in [0.29, 0.717) is 49.6 Å². The van der Waals surface area contributed by atoms with Crippen LogP contribution < -0.4 is 4.74 Å². The topological polar surface area (TPSA) is 77.7 Å². The summed E-state index contributed by atoms with van der Waals surface area (Å²) < 4.78 is 16.3. The molecule has 0 bridgehead atoms. The van der Waals surface area contributed by atoms with Gasteiger partial charge < -0.3 is 18.8 Å². The standard InChI is InChI=1S/C16H19N3O4S/c20-15(19-7-9-21-10-8-19)6-11-24-16-18-17-14(23-16)12-22-13-4-2-1-3-5-13/h1-5H,6-12H2. The molecule has 1 aliphatic heterocycles. The van der Waals surface area contributed by atoms with E-state index in [1.807, 2.05) is 35.2 Å². The number of thioether (sulfide) groups is 1. The van der Waals surface area contributed by atoms with Gasteiger partial charge in [-0.05, 0) is 12.1 Å². The summed E-state index contributed by atoms with van der Waals surface area (Å²) in [7, 11) is 0. The molecule has 0 aliphatic carbocycles. The Hall–Kier alpha value is -2.06. The van der Waals surface area contributed by atoms with Gasteiger partial charge in [-0.15, -0.1) is 10.2 Å². The lowest BCUT2D eigenvalue weighted by atomic mass is 10.3. The Morgan fingerprint density at radius 3 is 2.79 bits per heavy atom. The third-order valence-electron chi connectivity index (χ3n) is 3.46. The predicted molar refractivity (Wildman–Crippen MR) is 87.8 cm³/mol. The Morgan fingerprint density at radius 2 is 2.00 bits per heavy atom. The fraction of sp³-hybridized carbons (Fsp3) is 0.438. The first-order valence-electron chi connectivity index (χ1n) is 7.80. The fourth-order valence-corrected chi connectivity index (χ4v) is 2.92. The summed E-state index contributed by atoms with van der Waals surface area (Å²) in [4.78, 5) is 13.9. The SMILES string of the molecule is O=C(CCSc1nnc(COc2ccccc2)o1)N1CCOCC1. The molecule has 1 fully saturated rings. The summed E-state index contributed by atoms with van der Waals surface area (Å²) in [5, 5.41) is 8.36. The lowest BCUT2D eigenvalue weighted by Gasteiger charge is -2.26. The average Bonchev–Trinajstić information content (AvgIpc) is 3.09. The highest BCUT2D eigenvalue weighted by atomic mass is 32.2. The smallest absolute Gasteiger partial charge is 0.276 e. The van der Waals surface area contributed by atoms with Gasteiger partial charge in [-0.2, -0.15) is 0 Å². The van der Waals surface area contributed by atoms with Crippen LogP contribution in [0.15, 0.2) is 40.0 Å². The van der Waals surface area contributed by atoms with Crippen molar-refractivity contribution in [1.82, 2.24) is 15.1 Å². The number of ether oxygens (including phenoxy) is 2. The number of nitrogens with zero attached hydrogens (tertiary/aromatic N) is 3. The fourth-order valence-electron chi connectivity index (χ4n) is 2.21. The lowest BCUT2D eigenvalue weighted by molar-refractivity contribution is -0.134. The molecule has 0 spiro atoms. The maximum Gasteiger partial charge on any atom is 0.276 e. The van der Waals surface area contributed by atoms with Crippen LogP contribution in [0.4, 0.5) is 0 Å². The molecule has 1 aromatic heterocycles. The number of hydrogen-bond acceptors (Lipinski definition) is 7. The van der Waals surface area contributed by atoms with E-state index in [-0.39, 0.29) is 12.5 Å². The number of amides is 1. The minimum Gasteiger partial charge on any atom is -0.484 e. The molecule has 7 nitrogen and oxygen atoms in total. The second-order valence-corrected chi connectivity index (χ2v) is 6.20. The van der Waals surface area contributed by atoms with E-state index in [1.54, 1.807) is 0 Å². The number of carbonyl (C=O) groups excluding carboxylic acids is 1. The zero-order valence-corrected chi connectivity index (χ0v) is 14.0. The molecule has 0 unspecified atom stereocenters. The second kappa shape index (κ2) is 8.70. The van der Waals surface area contributed by atoms with Crippen LogP contribution in [0.5, 0.6) is 5.75 Å². The molecule has 0 saturated carbocycles. The van der Waals surface area contributed by atoms with Gasteiger partial charge in [-0.3, -0.25) is 4.79 Å². The molecule has 2 heterocycles. The Bertz CT molecular complexity index is 644. The van der Waals surface area contributed by atoms with E-state index in [2.05, 4.69) is 10.2 Å². The van der Waals surface area contributed by atoms with Crippen LogP contribution in [0.1, 0.15) is 12.3 Å². The van der Waals surface area contributed by atoms with Gasteiger partial charge >= 0.3 is 0 Å². The first-order valence-corrected chi connectivity index (χ1v) is 8.78. The van der Waals surface area contributed by atoms with Crippen molar-refractivity contribution in [3.05, 3.63) is 36.2 Å². The van der Waals surface area contributed by atoms with Crippen molar-refractivity contribution in [2.24, 2.45) is 0 Å². The third kappa shape index (κ3) is 4.97. The quantitative estimate of drug-likeness (QED) is 0.707. The van der Waals surface area contributed by atoms with Crippen molar-refractivity contribution in [3.8, 4) is 5.75 Å². The van der Waals surface area contributed by atoms with E-state index < -0.39 is 0 Å². The third-order valence-corrected chi connectivity index (χ3v) is 4.28. The molecule has 2 aromatic rings. The van der Waals surface area contributed by atoms with Crippen LogP contribution in [-0.4, -0.2) is 53.1 Å². The molecule has 1 aromatic carbocycles. The summed E-state index contributed by atoms with van der Waals surface area (Å²) in [6, 6.07) is 9.45. The molecule has 1 aliphatic rings. The average molecular weight is 349 g/mol. The number of hydrogen-bond donors (Lipinski definition) is 0. The molecule has 8 heteroatoms. The second-order valence-electron chi connectivity index (χ2n) is 5.16. The summed E-state index contributed by atoms with van der Waals surface area (Å²) in [6.07, 6.45) is 0.447. The van der Waals surface area contributed by atoms with Crippen LogP contribution in [0.25, 0.3) is 0 Å². The first kappa shape index (κ1) is 16.8. The van der Waals surface area contributed by atoms with Crippen LogP contribution >= 0.6 is 11.8 Å². The number of rotatable bonds is 7. The number of aromatic nitrogens is 2. The highest BCUT2D eigenvalue weighted by Gasteiger charge is 2.17. The maximum absolute atomic E-state index is 12.0. The van der Waals surface area contributed by atoms with E-state index in [9.17, 15) is 4.79 Å². The lowest BCUT2D eigenvalue weighted by Crippen LogP contribution is -2.40. The van der Waals surface area contributed by atoms with Gasteiger partial charge in [0.15, 0.2) is 6.61 Å². The summed E-state index contributed by atoms with van der Waals surface area (Å²) in [5.74, 6) is 1.91. The summed E-state index contributed by atoms with van der Waals surface area (Å²) in [5.41, 5.74) is 0. The van der Waals surface area contributed by atoms with Crippen LogP contribution in [0, 0.1) is 0 Å². The van der Waals surface area contributed by atoms with Gasteiger partial charge in [0.2, 0.25) is 5.91 Å². The molecule has 1 amide bonds. The minimum atomic E-state index is 0.137. The molecular weight excluding hydrogens is 330 g/mol. The van der Waals surface area contributed by atoms with Crippen LogP contribution in [-0.2, 0) is 16.1 Å². The molecular formula is C16H19N3O4S. The van der Waals surface area contributed by atoms with Crippen molar-refractivity contribution in [3.63, 3.8) is 0 Å². The zero-order valence-electron chi connectivity index (χ0n) is 13.2. The predicted octanol–water partition coefficient (Wildman–Crippen LogP) is 1.99. The first-order chi connectivity index (χ1) is 11.8. The monoisotopic (exact) mass is 349 g/mol. The minimum absolute atomic E-state index is 0.137. The molecule has 24 heavy (non-hydrogen) atoms. The van der Waals surface area contributed by atoms with Crippen molar-refractivity contribution in [1.29, 1.82) is 0 Å². The van der Waals surface area contributed by atoms with Gasteiger partial charge in [0, 0.05) is 25.3 Å². The van der Waals surface area contributed by atoms with Crippen LogP contribution in [0.3, 0.4) is 0 Å². The number of morpholine rings is 1. The Balaban J connectivity index is 1.38. The normalized spacial score (nSPS) is 14.6. The van der Waals surface area contributed by atoms with Crippen molar-refractivity contribution in [2.45, 2.75) is 18.3 Å². The van der Waals surface area contributed by atoms with E-state index in [4.69, 9.17) is 13.9 Å². The summed E-state index contributed by atoms with van der Waals surface area (Å²) in [6.45, 7) is 2.81. The maximum atomic E-state index is 12.0. The van der Waals surface area contributed by atoms with E-state index >= 15 is 0 Å². The van der Waals surface area contributed by atoms with Crippen molar-refractivity contribution < 1.29 is 18.7 Å². The Kier molecular flexibility index (Phi) is 6.08. The van der Waals surface area contributed by atoms with Gasteiger partial charge in [-0.25, -0.2) is 0 Å². The highest BCUT2D eigenvalue weighted by Crippen LogP contribution is 2.19. The van der Waals surface area contributed by atoms with Gasteiger partial charge in [0.1, 0.15) is 5.75 Å². The Morgan fingerprint density at radius 1 is 1.21 bits per heavy atom. The van der Waals surface area contributed by atoms with Gasteiger partial charge in [0.25, 0.3) is 11.1 Å². The van der Waals surface area contributed by atoms with Gasteiger partial charge in [-0.1, -0.05) is 30.0 Å².